The lowest BCUT2D eigenvalue weighted by atomic mass is 9.89. The number of likely N-dealkylation sites (tertiary alicyclic amines) is 1. The summed E-state index contributed by atoms with van der Waals surface area (Å²) in [6.45, 7) is 7.00. The molecule has 2 amide bonds. The Morgan fingerprint density at radius 3 is 2.34 bits per heavy atom. The fourth-order valence-electron chi connectivity index (χ4n) is 4.99. The van der Waals surface area contributed by atoms with Crippen LogP contribution in [0.2, 0.25) is 0 Å². The summed E-state index contributed by atoms with van der Waals surface area (Å²) in [5, 5.41) is 14.7. The maximum absolute atomic E-state index is 12.1. The molecule has 0 aromatic heterocycles. The molecule has 0 saturated carbocycles. The Morgan fingerprint density at radius 1 is 1.00 bits per heavy atom. The number of hydrogen-bond acceptors (Lipinski definition) is 7. The van der Waals surface area contributed by atoms with Gasteiger partial charge in [-0.2, -0.15) is 0 Å². The summed E-state index contributed by atoms with van der Waals surface area (Å²) in [7, 11) is 0. The van der Waals surface area contributed by atoms with Gasteiger partial charge in [0.15, 0.2) is 6.29 Å². The van der Waals surface area contributed by atoms with Crippen molar-refractivity contribution in [3.05, 3.63) is 65.2 Å². The topological polar surface area (TPSA) is 109 Å². The van der Waals surface area contributed by atoms with E-state index < -0.39 is 18.3 Å². The van der Waals surface area contributed by atoms with Crippen molar-refractivity contribution in [2.75, 3.05) is 38.1 Å². The van der Waals surface area contributed by atoms with Crippen molar-refractivity contribution in [1.82, 2.24) is 10.2 Å². The quantitative estimate of drug-likeness (QED) is 0.422. The lowest BCUT2D eigenvalue weighted by molar-refractivity contribution is -0.276. The number of carbonyl (C=O) groups excluding carboxylic acids is 2. The van der Waals surface area contributed by atoms with Gasteiger partial charge in [-0.15, -0.1) is 0 Å². The molecule has 0 spiro atoms. The summed E-state index contributed by atoms with van der Waals surface area (Å²) < 4.78 is 17.9. The van der Waals surface area contributed by atoms with Crippen molar-refractivity contribution in [1.29, 1.82) is 0 Å². The van der Waals surface area contributed by atoms with Crippen LogP contribution in [-0.4, -0.2) is 60.9 Å². The molecule has 2 aliphatic heterocycles. The molecule has 9 nitrogen and oxygen atoms in total. The molecule has 9 heteroatoms. The largest absolute Gasteiger partial charge is 0.465 e. The Balaban J connectivity index is 1.45. The minimum absolute atomic E-state index is 0.00586. The second-order valence-electron chi connectivity index (χ2n) is 9.92. The predicted molar refractivity (Wildman–Crippen MR) is 143 cm³/mol. The molecule has 2 aliphatic rings. The summed E-state index contributed by atoms with van der Waals surface area (Å²) in [5.41, 5.74) is 3.36. The standard InChI is InChI=1S/C29H39N3O6/c1-3-36-26(34)17-30-29(35)31-24-13-11-23(12-14-24)28-37-25(18-32-15-5-4-6-16-32)20(2)27(38-28)22-9-7-21(19-33)8-10-22/h7-14,20,25,27-28,33H,3-6,15-19H2,1-2H3,(H2,30,31,35)/t20-,25+,27+,28+/m0/s1. The van der Waals surface area contributed by atoms with Gasteiger partial charge < -0.3 is 34.9 Å². The van der Waals surface area contributed by atoms with Gasteiger partial charge in [-0.05, 0) is 56.1 Å². The zero-order chi connectivity index (χ0) is 26.9. The molecular formula is C29H39N3O6. The van der Waals surface area contributed by atoms with E-state index in [-0.39, 0.29) is 37.9 Å². The highest BCUT2D eigenvalue weighted by Crippen LogP contribution is 2.42. The molecule has 2 saturated heterocycles. The molecule has 2 aromatic carbocycles. The average Bonchev–Trinajstić information content (AvgIpc) is 2.94. The van der Waals surface area contributed by atoms with E-state index in [1.54, 1.807) is 19.1 Å². The van der Waals surface area contributed by atoms with Gasteiger partial charge >= 0.3 is 12.0 Å². The first-order valence-electron chi connectivity index (χ1n) is 13.5. The van der Waals surface area contributed by atoms with Crippen LogP contribution >= 0.6 is 0 Å². The number of piperidine rings is 1. The van der Waals surface area contributed by atoms with Gasteiger partial charge in [-0.25, -0.2) is 4.79 Å². The lowest BCUT2D eigenvalue weighted by Crippen LogP contribution is -2.45. The van der Waals surface area contributed by atoms with Gasteiger partial charge in [-0.3, -0.25) is 4.79 Å². The molecule has 3 N–H and O–H groups in total. The van der Waals surface area contributed by atoms with Crippen molar-refractivity contribution in [3.63, 3.8) is 0 Å². The van der Waals surface area contributed by atoms with Gasteiger partial charge in [0.05, 0.1) is 25.4 Å². The normalized spacial score (nSPS) is 24.0. The minimum atomic E-state index is -0.560. The zero-order valence-electron chi connectivity index (χ0n) is 22.2. The molecule has 0 unspecified atom stereocenters. The molecule has 2 heterocycles. The highest BCUT2D eigenvalue weighted by molar-refractivity contribution is 5.91. The number of nitrogens with one attached hydrogen (secondary N) is 2. The number of urea groups is 1. The summed E-state index contributed by atoms with van der Waals surface area (Å²) in [6.07, 6.45) is 2.98. The Bertz CT molecular complexity index is 1040. The summed E-state index contributed by atoms with van der Waals surface area (Å²) in [6, 6.07) is 14.8. The number of aliphatic hydroxyl groups is 1. The van der Waals surface area contributed by atoms with Crippen molar-refractivity contribution in [2.45, 2.75) is 58.2 Å². The minimum Gasteiger partial charge on any atom is -0.465 e. The maximum atomic E-state index is 12.1. The number of carbonyl (C=O) groups is 2. The molecular weight excluding hydrogens is 486 g/mol. The monoisotopic (exact) mass is 525 g/mol. The molecule has 206 valence electrons. The number of ether oxygens (including phenoxy) is 3. The molecule has 0 radical (unpaired) electrons. The van der Waals surface area contributed by atoms with Crippen LogP contribution in [0.5, 0.6) is 0 Å². The first kappa shape index (κ1) is 28.0. The summed E-state index contributed by atoms with van der Waals surface area (Å²) >= 11 is 0. The third-order valence-electron chi connectivity index (χ3n) is 7.15. The molecule has 4 rings (SSSR count). The maximum Gasteiger partial charge on any atom is 0.325 e. The molecule has 4 atom stereocenters. The smallest absolute Gasteiger partial charge is 0.325 e. The Hall–Kier alpha value is -2.98. The van der Waals surface area contributed by atoms with E-state index >= 15 is 0 Å². The number of hydrogen-bond donors (Lipinski definition) is 3. The first-order valence-corrected chi connectivity index (χ1v) is 13.5. The van der Waals surface area contributed by atoms with Crippen molar-refractivity contribution >= 4 is 17.7 Å². The van der Waals surface area contributed by atoms with Crippen LogP contribution in [0, 0.1) is 5.92 Å². The predicted octanol–water partition coefficient (Wildman–Crippen LogP) is 4.14. The molecule has 0 bridgehead atoms. The number of nitrogens with zero attached hydrogens (tertiary/aromatic N) is 1. The molecule has 0 aliphatic carbocycles. The van der Waals surface area contributed by atoms with E-state index in [0.717, 1.165) is 36.3 Å². The van der Waals surface area contributed by atoms with Crippen molar-refractivity contribution in [2.24, 2.45) is 5.92 Å². The van der Waals surface area contributed by atoms with Gasteiger partial charge in [0, 0.05) is 23.7 Å². The molecule has 38 heavy (non-hydrogen) atoms. The molecule has 2 aromatic rings. The highest BCUT2D eigenvalue weighted by atomic mass is 16.7. The van der Waals surface area contributed by atoms with E-state index in [4.69, 9.17) is 14.2 Å². The number of esters is 1. The SMILES string of the molecule is CCOC(=O)CNC(=O)Nc1ccc([C@@H]2O[C@H](CN3CCCCC3)[C@H](C)[C@H](c3ccc(CO)cc3)O2)cc1. The Morgan fingerprint density at radius 2 is 1.68 bits per heavy atom. The third-order valence-corrected chi connectivity index (χ3v) is 7.15. The number of amides is 2. The summed E-state index contributed by atoms with van der Waals surface area (Å²) in [5.74, 6) is -0.351. The van der Waals surface area contributed by atoms with E-state index in [2.05, 4.69) is 22.5 Å². The van der Waals surface area contributed by atoms with Crippen LogP contribution in [-0.2, 0) is 25.6 Å². The average molecular weight is 526 g/mol. The molecule has 2 fully saturated rings. The number of benzene rings is 2. The highest BCUT2D eigenvalue weighted by Gasteiger charge is 2.39. The van der Waals surface area contributed by atoms with Crippen LogP contribution in [0.15, 0.2) is 48.5 Å². The van der Waals surface area contributed by atoms with Gasteiger partial charge in [0.25, 0.3) is 0 Å². The van der Waals surface area contributed by atoms with Crippen LogP contribution in [0.4, 0.5) is 10.5 Å². The lowest BCUT2D eigenvalue weighted by Gasteiger charge is -2.43. The second-order valence-corrected chi connectivity index (χ2v) is 9.92. The van der Waals surface area contributed by atoms with E-state index in [1.807, 2.05) is 36.4 Å². The summed E-state index contributed by atoms with van der Waals surface area (Å²) in [4.78, 5) is 26.1. The number of anilines is 1. The second kappa shape index (κ2) is 13.7. The third kappa shape index (κ3) is 7.54. The van der Waals surface area contributed by atoms with Crippen molar-refractivity contribution < 1.29 is 28.9 Å². The van der Waals surface area contributed by atoms with Crippen molar-refractivity contribution in [3.8, 4) is 0 Å². The van der Waals surface area contributed by atoms with E-state index in [1.165, 1.54) is 19.3 Å². The Kier molecular flexibility index (Phi) is 10.1. The number of rotatable bonds is 9. The fraction of sp³-hybridized carbons (Fsp3) is 0.517. The number of aliphatic hydroxyl groups excluding tert-OH is 1. The van der Waals surface area contributed by atoms with Crippen LogP contribution < -0.4 is 10.6 Å². The van der Waals surface area contributed by atoms with Crippen LogP contribution in [0.3, 0.4) is 0 Å². The van der Waals surface area contributed by atoms with Gasteiger partial charge in [-0.1, -0.05) is 49.7 Å². The fourth-order valence-corrected chi connectivity index (χ4v) is 4.99. The van der Waals surface area contributed by atoms with E-state index in [0.29, 0.717) is 5.69 Å². The van der Waals surface area contributed by atoms with Crippen LogP contribution in [0.25, 0.3) is 0 Å². The van der Waals surface area contributed by atoms with Crippen LogP contribution in [0.1, 0.15) is 62.2 Å². The van der Waals surface area contributed by atoms with Gasteiger partial charge in [0.2, 0.25) is 0 Å². The zero-order valence-corrected chi connectivity index (χ0v) is 22.2. The van der Waals surface area contributed by atoms with E-state index in [9.17, 15) is 14.7 Å². The Labute approximate surface area is 224 Å². The first-order chi connectivity index (χ1) is 18.5. The van der Waals surface area contributed by atoms with Gasteiger partial charge in [0.1, 0.15) is 6.54 Å².